The van der Waals surface area contributed by atoms with E-state index in [-0.39, 0.29) is 0 Å². The van der Waals surface area contributed by atoms with Gasteiger partial charge in [-0.05, 0) is 19.8 Å². The van der Waals surface area contributed by atoms with E-state index in [2.05, 4.69) is 16.0 Å². The molecule has 0 radical (unpaired) electrons. The van der Waals surface area contributed by atoms with Gasteiger partial charge in [0.15, 0.2) is 0 Å². The molecule has 0 aromatic rings. The van der Waals surface area contributed by atoms with Crippen molar-refractivity contribution >= 4 is 11.9 Å². The molecule has 0 rings (SSSR count). The Morgan fingerprint density at radius 2 is 1.94 bits per heavy atom. The SMILES string of the molecule is CCCC(CCN=C=NCC)NC(=O)C(F)(F)F. The molecule has 0 saturated carbocycles. The Hall–Kier alpha value is -1.36. The molecular weight excluding hydrogens is 247 g/mol. The maximum absolute atomic E-state index is 12.1. The van der Waals surface area contributed by atoms with Gasteiger partial charge < -0.3 is 5.32 Å². The Morgan fingerprint density at radius 1 is 1.28 bits per heavy atom. The summed E-state index contributed by atoms with van der Waals surface area (Å²) in [6.45, 7) is 4.53. The highest BCUT2D eigenvalue weighted by Gasteiger charge is 2.39. The van der Waals surface area contributed by atoms with Crippen LogP contribution in [0.25, 0.3) is 0 Å². The molecule has 7 heteroatoms. The maximum Gasteiger partial charge on any atom is 0.471 e. The van der Waals surface area contributed by atoms with Gasteiger partial charge in [0.1, 0.15) is 0 Å². The van der Waals surface area contributed by atoms with Gasteiger partial charge in [0.25, 0.3) is 0 Å². The van der Waals surface area contributed by atoms with Crippen molar-refractivity contribution in [2.24, 2.45) is 9.98 Å². The summed E-state index contributed by atoms with van der Waals surface area (Å²) in [5.41, 5.74) is 0. The average Bonchev–Trinajstić information content (AvgIpc) is 2.27. The molecule has 18 heavy (non-hydrogen) atoms. The van der Waals surface area contributed by atoms with Crippen molar-refractivity contribution in [2.45, 2.75) is 45.3 Å². The van der Waals surface area contributed by atoms with Crippen LogP contribution in [0.2, 0.25) is 0 Å². The number of amides is 1. The molecule has 1 N–H and O–H groups in total. The topological polar surface area (TPSA) is 53.8 Å². The molecule has 0 aliphatic rings. The van der Waals surface area contributed by atoms with Crippen LogP contribution in [0.1, 0.15) is 33.1 Å². The summed E-state index contributed by atoms with van der Waals surface area (Å²) >= 11 is 0. The second-order valence-electron chi connectivity index (χ2n) is 3.70. The number of alkyl halides is 3. The first kappa shape index (κ1) is 16.6. The first-order valence-electron chi connectivity index (χ1n) is 5.87. The van der Waals surface area contributed by atoms with E-state index in [1.54, 1.807) is 0 Å². The average molecular weight is 265 g/mol. The fourth-order valence-corrected chi connectivity index (χ4v) is 1.30. The highest BCUT2D eigenvalue weighted by Crippen LogP contribution is 2.15. The number of hydrogen-bond acceptors (Lipinski definition) is 3. The van der Waals surface area contributed by atoms with Gasteiger partial charge in [0.2, 0.25) is 0 Å². The summed E-state index contributed by atoms with van der Waals surface area (Å²) in [5.74, 6) is -1.90. The molecule has 0 heterocycles. The van der Waals surface area contributed by atoms with Crippen LogP contribution in [0, 0.1) is 0 Å². The van der Waals surface area contributed by atoms with Gasteiger partial charge in [0, 0.05) is 12.6 Å². The standard InChI is InChI=1S/C11H18F3N3O/c1-3-5-9(6-7-16-8-15-4-2)17-10(18)11(12,13)14/h9H,3-7H2,1-2H3,(H,17,18). The Labute approximate surface area is 104 Å². The molecule has 0 saturated heterocycles. The zero-order valence-corrected chi connectivity index (χ0v) is 10.5. The van der Waals surface area contributed by atoms with E-state index in [0.717, 1.165) is 0 Å². The minimum Gasteiger partial charge on any atom is -0.345 e. The predicted molar refractivity (Wildman–Crippen MR) is 62.8 cm³/mol. The predicted octanol–water partition coefficient (Wildman–Crippen LogP) is 2.42. The molecule has 1 atom stereocenters. The summed E-state index contributed by atoms with van der Waals surface area (Å²) in [4.78, 5) is 18.3. The van der Waals surface area contributed by atoms with Crippen molar-refractivity contribution < 1.29 is 18.0 Å². The van der Waals surface area contributed by atoms with Gasteiger partial charge in [-0.2, -0.15) is 13.2 Å². The molecule has 1 unspecified atom stereocenters. The molecule has 0 spiro atoms. The molecular formula is C11H18F3N3O. The summed E-state index contributed by atoms with van der Waals surface area (Å²) in [6.07, 6.45) is -3.31. The second-order valence-corrected chi connectivity index (χ2v) is 3.70. The number of halogens is 3. The van der Waals surface area contributed by atoms with Crippen molar-refractivity contribution in [2.75, 3.05) is 13.1 Å². The van der Waals surface area contributed by atoms with Crippen molar-refractivity contribution in [3.63, 3.8) is 0 Å². The Kier molecular flexibility index (Phi) is 8.03. The summed E-state index contributed by atoms with van der Waals surface area (Å²) in [6, 6.07) is 1.91. The number of carbonyl (C=O) groups is 1. The monoisotopic (exact) mass is 265 g/mol. The van der Waals surface area contributed by atoms with Crippen LogP contribution < -0.4 is 5.32 Å². The number of nitrogens with one attached hydrogen (secondary N) is 1. The highest BCUT2D eigenvalue weighted by molar-refractivity contribution is 5.81. The van der Waals surface area contributed by atoms with Crippen LogP contribution in [-0.2, 0) is 4.79 Å². The molecule has 0 aromatic heterocycles. The van der Waals surface area contributed by atoms with Crippen LogP contribution in [0.5, 0.6) is 0 Å². The smallest absolute Gasteiger partial charge is 0.345 e. The van der Waals surface area contributed by atoms with E-state index < -0.39 is 18.1 Å². The first-order chi connectivity index (χ1) is 8.41. The van der Waals surface area contributed by atoms with Crippen molar-refractivity contribution in [3.8, 4) is 0 Å². The summed E-state index contributed by atoms with van der Waals surface area (Å²) in [7, 11) is 0. The van der Waals surface area contributed by atoms with E-state index >= 15 is 0 Å². The molecule has 0 bridgehead atoms. The van der Waals surface area contributed by atoms with E-state index in [1.807, 2.05) is 19.2 Å². The van der Waals surface area contributed by atoms with Gasteiger partial charge in [-0.3, -0.25) is 4.79 Å². The van der Waals surface area contributed by atoms with Crippen LogP contribution in [0.15, 0.2) is 9.98 Å². The van der Waals surface area contributed by atoms with Crippen LogP contribution in [0.4, 0.5) is 13.2 Å². The molecule has 0 fully saturated rings. The Bertz CT molecular complexity index is 309. The molecule has 0 aliphatic heterocycles. The summed E-state index contributed by atoms with van der Waals surface area (Å²) in [5, 5.41) is 1.97. The largest absolute Gasteiger partial charge is 0.471 e. The number of hydrogen-bond donors (Lipinski definition) is 1. The number of nitrogens with zero attached hydrogens (tertiary/aromatic N) is 2. The lowest BCUT2D eigenvalue weighted by molar-refractivity contribution is -0.174. The molecule has 104 valence electrons. The van der Waals surface area contributed by atoms with Crippen LogP contribution in [0.3, 0.4) is 0 Å². The lowest BCUT2D eigenvalue weighted by Crippen LogP contribution is -2.43. The Morgan fingerprint density at radius 3 is 2.44 bits per heavy atom. The third kappa shape index (κ3) is 7.84. The normalized spacial score (nSPS) is 12.5. The first-order valence-corrected chi connectivity index (χ1v) is 5.87. The highest BCUT2D eigenvalue weighted by atomic mass is 19.4. The van der Waals surface area contributed by atoms with Gasteiger partial charge in [0.05, 0.1) is 12.6 Å². The minimum absolute atomic E-state index is 0.298. The lowest BCUT2D eigenvalue weighted by atomic mass is 10.1. The molecule has 1 amide bonds. The summed E-state index contributed by atoms with van der Waals surface area (Å²) < 4.78 is 36.2. The zero-order chi connectivity index (χ0) is 14.0. The van der Waals surface area contributed by atoms with E-state index in [0.29, 0.717) is 32.4 Å². The quantitative estimate of drug-likeness (QED) is 0.706. The fraction of sp³-hybridized carbons (Fsp3) is 0.818. The number of carbonyl (C=O) groups excluding carboxylic acids is 1. The third-order valence-electron chi connectivity index (χ3n) is 2.12. The number of rotatable bonds is 7. The molecule has 4 nitrogen and oxygen atoms in total. The van der Waals surface area contributed by atoms with Crippen LogP contribution in [-0.4, -0.2) is 37.2 Å². The van der Waals surface area contributed by atoms with Gasteiger partial charge in [-0.15, -0.1) is 0 Å². The van der Waals surface area contributed by atoms with Crippen molar-refractivity contribution in [3.05, 3.63) is 0 Å². The van der Waals surface area contributed by atoms with E-state index in [4.69, 9.17) is 0 Å². The van der Waals surface area contributed by atoms with E-state index in [1.165, 1.54) is 0 Å². The maximum atomic E-state index is 12.1. The number of aliphatic imine (C=N–C) groups is 2. The fourth-order valence-electron chi connectivity index (χ4n) is 1.30. The third-order valence-corrected chi connectivity index (χ3v) is 2.12. The van der Waals surface area contributed by atoms with Crippen molar-refractivity contribution in [1.29, 1.82) is 0 Å². The zero-order valence-electron chi connectivity index (χ0n) is 10.5. The van der Waals surface area contributed by atoms with Gasteiger partial charge in [-0.1, -0.05) is 13.3 Å². The van der Waals surface area contributed by atoms with E-state index in [9.17, 15) is 18.0 Å². The second kappa shape index (κ2) is 8.69. The van der Waals surface area contributed by atoms with Crippen LogP contribution >= 0.6 is 0 Å². The van der Waals surface area contributed by atoms with Gasteiger partial charge in [-0.25, -0.2) is 9.98 Å². The Balaban J connectivity index is 4.23. The van der Waals surface area contributed by atoms with Crippen molar-refractivity contribution in [1.82, 2.24) is 5.32 Å². The molecule has 0 aliphatic carbocycles. The van der Waals surface area contributed by atoms with Gasteiger partial charge >= 0.3 is 12.1 Å². The lowest BCUT2D eigenvalue weighted by Gasteiger charge is -2.17. The molecule has 0 aromatic carbocycles. The minimum atomic E-state index is -4.83.